The topological polar surface area (TPSA) is 215 Å². The second kappa shape index (κ2) is 11.1. The Hall–Kier alpha value is -2.09. The van der Waals surface area contributed by atoms with E-state index in [1.807, 2.05) is 6.07 Å². The predicted molar refractivity (Wildman–Crippen MR) is 152 cm³/mol. The van der Waals surface area contributed by atoms with Gasteiger partial charge in [-0.2, -0.15) is 0 Å². The van der Waals surface area contributed by atoms with Gasteiger partial charge in [-0.3, -0.25) is 22.9 Å². The second-order valence-corrected chi connectivity index (χ2v) is 15.6. The third kappa shape index (κ3) is 5.42. The van der Waals surface area contributed by atoms with Crippen molar-refractivity contribution in [1.29, 1.82) is 0 Å². The zero-order valence-electron chi connectivity index (χ0n) is 21.7. The molecule has 43 heavy (non-hydrogen) atoms. The van der Waals surface area contributed by atoms with E-state index in [1.165, 1.54) is 17.2 Å². The molecule has 1 aromatic carbocycles. The minimum absolute atomic E-state index is 0.00525. The van der Waals surface area contributed by atoms with Crippen molar-refractivity contribution in [3.63, 3.8) is 0 Å². The van der Waals surface area contributed by atoms with Crippen LogP contribution in [0.1, 0.15) is 12.5 Å². The maximum absolute atomic E-state index is 13.4. The lowest BCUT2D eigenvalue weighted by Gasteiger charge is -2.27. The number of nitrogens with zero attached hydrogens (tertiary/aromatic N) is 5. The van der Waals surface area contributed by atoms with Gasteiger partial charge < -0.3 is 38.7 Å². The summed E-state index contributed by atoms with van der Waals surface area (Å²) in [6.07, 6.45) is -6.33. The molecule has 0 amide bonds. The molecule has 3 aromatic heterocycles. The SMILES string of the molecule is O=c1[nH]cnc2c1ncn2C1OC2COP(O)(=S)OC3C(O)C(COP(=O)(S)OC2C1O)OC3n1cnc2ccccc21. The van der Waals surface area contributed by atoms with Crippen molar-refractivity contribution < 1.29 is 47.2 Å². The molecule has 0 spiro atoms. The van der Waals surface area contributed by atoms with Crippen LogP contribution in [0.5, 0.6) is 0 Å². The van der Waals surface area contributed by atoms with Crippen LogP contribution in [0.25, 0.3) is 22.2 Å². The lowest BCUT2D eigenvalue weighted by atomic mass is 10.1. The first-order valence-electron chi connectivity index (χ1n) is 12.8. The minimum Gasteiger partial charge on any atom is -0.387 e. The zero-order valence-corrected chi connectivity index (χ0v) is 25.2. The summed E-state index contributed by atoms with van der Waals surface area (Å²) in [6.45, 7) is -9.36. The van der Waals surface area contributed by atoms with Gasteiger partial charge >= 0.3 is 13.5 Å². The number of aliphatic hydroxyl groups excluding tert-OH is 2. The van der Waals surface area contributed by atoms with Crippen LogP contribution >= 0.6 is 25.8 Å². The highest BCUT2D eigenvalue weighted by atomic mass is 32.7. The van der Waals surface area contributed by atoms with Crippen LogP contribution in [0, 0.1) is 0 Å². The number of aromatic amines is 1. The Labute approximate surface area is 251 Å². The molecule has 230 valence electrons. The predicted octanol–water partition coefficient (Wildman–Crippen LogP) is 0.758. The van der Waals surface area contributed by atoms with Gasteiger partial charge in [0.1, 0.15) is 36.6 Å². The van der Waals surface area contributed by atoms with Gasteiger partial charge in [-0.05, 0) is 23.9 Å². The van der Waals surface area contributed by atoms with E-state index in [0.29, 0.717) is 11.0 Å². The van der Waals surface area contributed by atoms with Crippen molar-refractivity contribution in [3.8, 4) is 0 Å². The number of hydrogen-bond donors (Lipinski definition) is 5. The Morgan fingerprint density at radius 3 is 2.53 bits per heavy atom. The first-order chi connectivity index (χ1) is 20.5. The first-order valence-corrected chi connectivity index (χ1v) is 18.1. The highest BCUT2D eigenvalue weighted by Gasteiger charge is 2.52. The van der Waals surface area contributed by atoms with E-state index in [-0.39, 0.29) is 11.2 Å². The molecular formula is C22H24N6O11P2S2. The van der Waals surface area contributed by atoms with Gasteiger partial charge in [-0.1, -0.05) is 24.4 Å². The van der Waals surface area contributed by atoms with Crippen LogP contribution in [0.15, 0.2) is 48.0 Å². The molecule has 2 bridgehead atoms. The fraction of sp³-hybridized carbons (Fsp3) is 0.455. The number of rotatable bonds is 2. The number of H-pyrrole nitrogens is 1. The number of para-hydroxylation sites is 2. The molecule has 3 fully saturated rings. The summed E-state index contributed by atoms with van der Waals surface area (Å²) in [5.41, 5.74) is 0.880. The van der Waals surface area contributed by atoms with Crippen molar-refractivity contribution >= 4 is 59.8 Å². The Kier molecular flexibility index (Phi) is 7.62. The Balaban J connectivity index is 1.20. The van der Waals surface area contributed by atoms with E-state index >= 15 is 0 Å². The van der Waals surface area contributed by atoms with Crippen LogP contribution < -0.4 is 5.56 Å². The van der Waals surface area contributed by atoms with Gasteiger partial charge in [0.15, 0.2) is 23.6 Å². The lowest BCUT2D eigenvalue weighted by molar-refractivity contribution is -0.0593. The highest BCUT2D eigenvalue weighted by Crippen LogP contribution is 2.58. The van der Waals surface area contributed by atoms with E-state index in [9.17, 15) is 24.5 Å². The van der Waals surface area contributed by atoms with E-state index in [2.05, 4.69) is 32.2 Å². The monoisotopic (exact) mass is 674 g/mol. The number of fused-ring (bicyclic) bond motifs is 5. The van der Waals surface area contributed by atoms with E-state index in [4.69, 9.17) is 39.4 Å². The molecule has 17 nitrogen and oxygen atoms in total. The van der Waals surface area contributed by atoms with Crippen LogP contribution in [0.4, 0.5) is 0 Å². The molecule has 10 atom stereocenters. The molecule has 3 aliphatic rings. The summed E-state index contributed by atoms with van der Waals surface area (Å²) in [5.74, 6) is 0. The van der Waals surface area contributed by atoms with Crippen LogP contribution in [0.3, 0.4) is 0 Å². The third-order valence-corrected chi connectivity index (χ3v) is 10.5. The number of benzene rings is 1. The van der Waals surface area contributed by atoms with E-state index in [0.717, 1.165) is 6.33 Å². The number of hydrogen-bond acceptors (Lipinski definition) is 14. The van der Waals surface area contributed by atoms with Crippen molar-refractivity contribution in [3.05, 3.63) is 53.6 Å². The normalized spacial score (nSPS) is 38.9. The molecule has 4 aromatic rings. The Bertz CT molecular complexity index is 1840. The molecular weight excluding hydrogens is 650 g/mol. The largest absolute Gasteiger partial charge is 0.387 e. The molecule has 3 saturated heterocycles. The van der Waals surface area contributed by atoms with E-state index in [1.54, 1.807) is 22.8 Å². The molecule has 21 heteroatoms. The van der Waals surface area contributed by atoms with Gasteiger partial charge in [-0.15, -0.1) is 0 Å². The molecule has 3 aliphatic heterocycles. The number of ether oxygens (including phenoxy) is 2. The molecule has 7 rings (SSSR count). The molecule has 0 radical (unpaired) electrons. The van der Waals surface area contributed by atoms with Gasteiger partial charge in [-0.25, -0.2) is 19.5 Å². The standard InChI is InChI=1S/C22H24N6O11P2S2/c29-15-12-5-34-40(32,42)38-17-13(37-21(16(17)30)28-9-26-14-19(28)23-7-24-20(14)31)6-35-41(33,43)39-18(15)22(36-12)27-8-25-10-3-1-2-4-11(10)27/h1-4,7-9,12-13,15-18,21-22,29-30H,5-6H2,(H,32,42)(H,33,43)(H,23,24,31). The second-order valence-electron chi connectivity index (χ2n) is 9.98. The fourth-order valence-corrected chi connectivity index (χ4v) is 8.25. The number of aromatic nitrogens is 6. The summed E-state index contributed by atoms with van der Waals surface area (Å²) >= 11 is 9.35. The number of aliphatic hydroxyl groups is 2. The van der Waals surface area contributed by atoms with Crippen molar-refractivity contribution in [2.75, 3.05) is 13.2 Å². The molecule has 0 saturated carbocycles. The van der Waals surface area contributed by atoms with Gasteiger partial charge in [0.2, 0.25) is 0 Å². The quantitative estimate of drug-likeness (QED) is 0.147. The summed E-state index contributed by atoms with van der Waals surface area (Å²) in [6, 6.07) is 7.17. The van der Waals surface area contributed by atoms with Crippen LogP contribution in [-0.2, 0) is 43.9 Å². The smallest absolute Gasteiger partial charge is 0.386 e. The highest BCUT2D eigenvalue weighted by molar-refractivity contribution is 8.44. The van der Waals surface area contributed by atoms with Crippen molar-refractivity contribution in [2.24, 2.45) is 0 Å². The molecule has 4 N–H and O–H groups in total. The average molecular weight is 675 g/mol. The summed E-state index contributed by atoms with van der Waals surface area (Å²) < 4.78 is 50.8. The Morgan fingerprint density at radius 1 is 0.953 bits per heavy atom. The van der Waals surface area contributed by atoms with Gasteiger partial charge in [0.25, 0.3) is 5.56 Å². The molecule has 0 aliphatic carbocycles. The molecule has 10 unspecified atom stereocenters. The average Bonchev–Trinajstić information content (AvgIpc) is 3.72. The first kappa shape index (κ1) is 29.6. The van der Waals surface area contributed by atoms with E-state index < -0.39 is 81.4 Å². The number of imidazole rings is 2. The van der Waals surface area contributed by atoms with Gasteiger partial charge in [0, 0.05) is 0 Å². The summed E-state index contributed by atoms with van der Waals surface area (Å²) in [4.78, 5) is 38.1. The maximum atomic E-state index is 13.4. The molecule has 6 heterocycles. The van der Waals surface area contributed by atoms with Crippen LogP contribution in [0.2, 0.25) is 0 Å². The lowest BCUT2D eigenvalue weighted by Crippen LogP contribution is -2.36. The summed E-state index contributed by atoms with van der Waals surface area (Å²) in [5, 5.41) is 22.4. The maximum Gasteiger partial charge on any atom is 0.386 e. The zero-order chi connectivity index (χ0) is 30.1. The fourth-order valence-electron chi connectivity index (χ4n) is 5.34. The van der Waals surface area contributed by atoms with Gasteiger partial charge in [0.05, 0.1) is 43.2 Å². The number of thiol groups is 1. The van der Waals surface area contributed by atoms with Crippen molar-refractivity contribution in [2.45, 2.75) is 49.1 Å². The third-order valence-electron chi connectivity index (χ3n) is 7.33. The van der Waals surface area contributed by atoms with Crippen LogP contribution in [-0.4, -0.2) is 94.0 Å². The van der Waals surface area contributed by atoms with Crippen molar-refractivity contribution in [1.82, 2.24) is 29.1 Å². The Morgan fingerprint density at radius 2 is 1.70 bits per heavy atom. The minimum atomic E-state index is -4.26. The number of nitrogens with one attached hydrogen (secondary N) is 1. The summed E-state index contributed by atoms with van der Waals surface area (Å²) in [7, 11) is 0.